The topological polar surface area (TPSA) is 90.3 Å². The molecule has 0 spiro atoms. The van der Waals surface area contributed by atoms with E-state index >= 15 is 0 Å². The van der Waals surface area contributed by atoms with Gasteiger partial charge in [0.05, 0.1) is 11.8 Å². The summed E-state index contributed by atoms with van der Waals surface area (Å²) < 4.78 is 0. The Kier molecular flexibility index (Phi) is 4.29. The molecule has 3 aliphatic carbocycles. The summed E-state index contributed by atoms with van der Waals surface area (Å²) in [5.41, 5.74) is 0.112. The lowest BCUT2D eigenvalue weighted by molar-refractivity contribution is -0.142. The minimum atomic E-state index is -0.595. The maximum absolute atomic E-state index is 13.2. The minimum Gasteiger partial charge on any atom is -0.344 e. The smallest absolute Gasteiger partial charge is 0.243 e. The zero-order valence-corrected chi connectivity index (χ0v) is 17.7. The van der Waals surface area contributed by atoms with Gasteiger partial charge in [-0.2, -0.15) is 0 Å². The van der Waals surface area contributed by atoms with Crippen LogP contribution in [-0.2, 0) is 14.4 Å². The van der Waals surface area contributed by atoms with E-state index < -0.39 is 12.1 Å². The van der Waals surface area contributed by atoms with E-state index in [4.69, 9.17) is 5.41 Å². The van der Waals surface area contributed by atoms with Gasteiger partial charge in [0.15, 0.2) is 5.78 Å². The number of carbonyl (C=O) groups excluding carboxylic acids is 3. The number of hydrogen-bond donors (Lipinski definition) is 2. The molecule has 2 amide bonds. The number of fused-ring (bicyclic) bond motifs is 2. The fourth-order valence-electron chi connectivity index (χ4n) is 5.79. The van der Waals surface area contributed by atoms with Crippen molar-refractivity contribution in [2.75, 3.05) is 6.54 Å². The number of nitrogens with zero attached hydrogens (tertiary/aromatic N) is 1. The quantitative estimate of drug-likeness (QED) is 0.779. The maximum atomic E-state index is 13.2. The lowest BCUT2D eigenvalue weighted by Gasteiger charge is -2.43. The zero-order chi connectivity index (χ0) is 20.6. The third-order valence-electron chi connectivity index (χ3n) is 7.70. The van der Waals surface area contributed by atoms with Gasteiger partial charge < -0.3 is 15.6 Å². The molecule has 4 aliphatic rings. The van der Waals surface area contributed by atoms with Gasteiger partial charge in [0.1, 0.15) is 6.04 Å². The third kappa shape index (κ3) is 3.00. The van der Waals surface area contributed by atoms with E-state index in [2.05, 4.69) is 19.2 Å². The van der Waals surface area contributed by atoms with Crippen LogP contribution in [0.4, 0.5) is 0 Å². The highest BCUT2D eigenvalue weighted by Gasteiger charge is 2.69. The number of Topliss-reactive ketones (excluding diaryl/α,β-unsaturated/α-hetero) is 1. The molecule has 4 fully saturated rings. The molecule has 154 valence electrons. The van der Waals surface area contributed by atoms with Crippen LogP contribution in [0.5, 0.6) is 0 Å². The summed E-state index contributed by atoms with van der Waals surface area (Å²) in [7, 11) is 0. The molecule has 0 aromatic rings. The molecule has 6 heteroatoms. The molecular formula is C22H33N3O3. The molecule has 2 N–H and O–H groups in total. The van der Waals surface area contributed by atoms with E-state index in [9.17, 15) is 14.4 Å². The first-order valence-corrected chi connectivity index (χ1v) is 10.6. The Bertz CT molecular complexity index is 751. The summed E-state index contributed by atoms with van der Waals surface area (Å²) in [6.07, 6.45) is 3.00. The third-order valence-corrected chi connectivity index (χ3v) is 7.70. The normalized spacial score (nSPS) is 38.4. The van der Waals surface area contributed by atoms with Crippen LogP contribution in [0, 0.1) is 39.9 Å². The monoisotopic (exact) mass is 387 g/mol. The Balaban J connectivity index is 1.49. The number of carbonyl (C=O) groups is 3. The second-order valence-electron chi connectivity index (χ2n) is 11.2. The van der Waals surface area contributed by atoms with Crippen molar-refractivity contribution >= 4 is 23.3 Å². The van der Waals surface area contributed by atoms with E-state index in [1.165, 1.54) is 0 Å². The fourth-order valence-corrected chi connectivity index (χ4v) is 5.79. The van der Waals surface area contributed by atoms with Crippen LogP contribution < -0.4 is 5.32 Å². The standard InChI is InChI=1S/C22H33N3O3/c1-21(2,3)9-15(26)25-10-13-16(22(13,4)5)18(25)20(28)24-14-8-11-6-7-12(11)17(23)19(14)27/h11-14,16,18,23H,6-10H2,1-5H3,(H,24,28). The SMILES string of the molecule is CC(C)(C)CC(=O)N1CC2C(C1C(=O)NC1CC3CCC3C(=N)C1=O)C2(C)C. The Morgan fingerprint density at radius 2 is 1.93 bits per heavy atom. The lowest BCUT2D eigenvalue weighted by Crippen LogP contribution is -2.58. The van der Waals surface area contributed by atoms with Gasteiger partial charge in [-0.15, -0.1) is 0 Å². The first kappa shape index (κ1) is 19.6. The molecule has 6 atom stereocenters. The molecular weight excluding hydrogens is 354 g/mol. The summed E-state index contributed by atoms with van der Waals surface area (Å²) in [5.74, 6) is 0.550. The van der Waals surface area contributed by atoms with E-state index in [0.29, 0.717) is 31.2 Å². The number of likely N-dealkylation sites (tertiary alicyclic amines) is 1. The molecule has 1 aliphatic heterocycles. The number of hydrogen-bond acceptors (Lipinski definition) is 4. The lowest BCUT2D eigenvalue weighted by atomic mass is 9.63. The average molecular weight is 388 g/mol. The molecule has 6 unspecified atom stereocenters. The molecule has 6 nitrogen and oxygen atoms in total. The van der Waals surface area contributed by atoms with Crippen molar-refractivity contribution < 1.29 is 14.4 Å². The molecule has 1 heterocycles. The summed E-state index contributed by atoms with van der Waals surface area (Å²) in [6.45, 7) is 11.0. The fraction of sp³-hybridized carbons (Fsp3) is 0.818. The van der Waals surface area contributed by atoms with Crippen LogP contribution in [0.25, 0.3) is 0 Å². The van der Waals surface area contributed by atoms with Gasteiger partial charge in [0.25, 0.3) is 0 Å². The molecule has 4 rings (SSSR count). The molecule has 0 radical (unpaired) electrons. The van der Waals surface area contributed by atoms with Crippen LogP contribution in [-0.4, -0.2) is 46.8 Å². The van der Waals surface area contributed by atoms with Gasteiger partial charge in [0, 0.05) is 18.9 Å². The van der Waals surface area contributed by atoms with Crippen molar-refractivity contribution in [2.24, 2.45) is 34.5 Å². The van der Waals surface area contributed by atoms with Crippen molar-refractivity contribution in [3.8, 4) is 0 Å². The van der Waals surface area contributed by atoms with Crippen molar-refractivity contribution in [1.29, 1.82) is 5.41 Å². The summed E-state index contributed by atoms with van der Waals surface area (Å²) in [5, 5.41) is 11.1. The van der Waals surface area contributed by atoms with Crippen molar-refractivity contribution in [3.63, 3.8) is 0 Å². The van der Waals surface area contributed by atoms with Crippen LogP contribution in [0.15, 0.2) is 0 Å². The molecule has 0 aromatic carbocycles. The highest BCUT2D eigenvalue weighted by atomic mass is 16.2. The van der Waals surface area contributed by atoms with Crippen LogP contribution in [0.2, 0.25) is 0 Å². The second-order valence-corrected chi connectivity index (χ2v) is 11.2. The molecule has 0 aromatic heterocycles. The predicted octanol–water partition coefficient (Wildman–Crippen LogP) is 2.41. The summed E-state index contributed by atoms with van der Waals surface area (Å²) in [6, 6.07) is -1.09. The number of nitrogens with one attached hydrogen (secondary N) is 2. The average Bonchev–Trinajstić information content (AvgIpc) is 2.92. The molecule has 28 heavy (non-hydrogen) atoms. The highest BCUT2D eigenvalue weighted by molar-refractivity contribution is 6.42. The number of rotatable bonds is 3. The predicted molar refractivity (Wildman–Crippen MR) is 106 cm³/mol. The van der Waals surface area contributed by atoms with Crippen molar-refractivity contribution in [1.82, 2.24) is 10.2 Å². The highest BCUT2D eigenvalue weighted by Crippen LogP contribution is 2.65. The Hall–Kier alpha value is -1.72. The first-order chi connectivity index (χ1) is 12.9. The van der Waals surface area contributed by atoms with Crippen LogP contribution >= 0.6 is 0 Å². The number of amides is 2. The summed E-state index contributed by atoms with van der Waals surface area (Å²) >= 11 is 0. The van der Waals surface area contributed by atoms with E-state index in [1.807, 2.05) is 20.8 Å². The van der Waals surface area contributed by atoms with Gasteiger partial charge in [-0.3, -0.25) is 14.4 Å². The summed E-state index contributed by atoms with van der Waals surface area (Å²) in [4.78, 5) is 40.5. The number of piperidine rings is 1. The number of ketones is 1. The minimum absolute atomic E-state index is 0.0254. The largest absolute Gasteiger partial charge is 0.344 e. The molecule has 1 saturated heterocycles. The van der Waals surface area contributed by atoms with Crippen molar-refractivity contribution in [2.45, 2.75) is 72.4 Å². The Morgan fingerprint density at radius 1 is 1.25 bits per heavy atom. The van der Waals surface area contributed by atoms with Crippen molar-refractivity contribution in [3.05, 3.63) is 0 Å². The van der Waals surface area contributed by atoms with Gasteiger partial charge >= 0.3 is 0 Å². The van der Waals surface area contributed by atoms with Crippen LogP contribution in [0.3, 0.4) is 0 Å². The Morgan fingerprint density at radius 3 is 2.50 bits per heavy atom. The maximum Gasteiger partial charge on any atom is 0.243 e. The van der Waals surface area contributed by atoms with Gasteiger partial charge in [-0.05, 0) is 47.8 Å². The second kappa shape index (κ2) is 6.14. The molecule has 0 bridgehead atoms. The van der Waals surface area contributed by atoms with E-state index in [-0.39, 0.29) is 46.0 Å². The van der Waals surface area contributed by atoms with Crippen LogP contribution in [0.1, 0.15) is 60.3 Å². The van der Waals surface area contributed by atoms with Gasteiger partial charge in [-0.1, -0.05) is 34.6 Å². The van der Waals surface area contributed by atoms with E-state index in [0.717, 1.165) is 12.8 Å². The van der Waals surface area contributed by atoms with Gasteiger partial charge in [-0.25, -0.2) is 0 Å². The van der Waals surface area contributed by atoms with Gasteiger partial charge in [0.2, 0.25) is 11.8 Å². The van der Waals surface area contributed by atoms with E-state index in [1.54, 1.807) is 4.90 Å². The first-order valence-electron chi connectivity index (χ1n) is 10.6. The Labute approximate surface area is 167 Å². The molecule has 3 saturated carbocycles. The zero-order valence-electron chi connectivity index (χ0n) is 17.7.